The molecule has 6 heteroatoms. The summed E-state index contributed by atoms with van der Waals surface area (Å²) in [7, 11) is -1.95. The molecule has 0 amide bonds. The van der Waals surface area contributed by atoms with Gasteiger partial charge in [0.05, 0.1) is 12.2 Å². The number of ether oxygens (including phenoxy) is 1. The third-order valence-corrected chi connectivity index (χ3v) is 12.0. The number of hydrogen-bond donors (Lipinski definition) is 2. The van der Waals surface area contributed by atoms with Gasteiger partial charge in [-0.25, -0.2) is 0 Å². The maximum absolute atomic E-state index is 10.7. The topological polar surface area (TPSA) is 76.0 Å². The monoisotopic (exact) mass is 490 g/mol. The molecule has 0 saturated heterocycles. The molecule has 34 heavy (non-hydrogen) atoms. The average Bonchev–Trinajstić information content (AvgIpc) is 3.11. The predicted octanol–water partition coefficient (Wildman–Crippen LogP) is 6.97. The summed E-state index contributed by atoms with van der Waals surface area (Å²) in [6, 6.07) is 9.91. The molecule has 192 valence electrons. The van der Waals surface area contributed by atoms with E-state index in [0.29, 0.717) is 6.61 Å². The summed E-state index contributed by atoms with van der Waals surface area (Å²) in [5, 5.41) is 19.5. The number of aliphatic hydroxyl groups is 1. The maximum Gasteiger partial charge on any atom is 0.303 e. The molecule has 1 aromatic carbocycles. The zero-order chi connectivity index (χ0) is 25.2. The molecule has 0 fully saturated rings. The first kappa shape index (κ1) is 28.6. The minimum absolute atomic E-state index is 0.0106. The standard InChI is InChI=1S/C28H46O5Si/c1-28(2,3)34(4,5)33-24(21-32-23-13-9-8-10-14-23)19-17-22-18-20-26(29)25(22)15-11-6-7-12-16-27(30)31/h8-10,13-14,18,24-26,29H,6-7,11-12,15-17,19-21H2,1-5H3,(H,30,31)/t24-,25-,26+/m1/s1. The first-order valence-corrected chi connectivity index (χ1v) is 15.8. The molecule has 3 atom stereocenters. The second kappa shape index (κ2) is 13.5. The Morgan fingerprint density at radius 3 is 2.44 bits per heavy atom. The van der Waals surface area contributed by atoms with Crippen molar-refractivity contribution >= 4 is 14.3 Å². The summed E-state index contributed by atoms with van der Waals surface area (Å²) in [5.74, 6) is 0.354. The van der Waals surface area contributed by atoms with Gasteiger partial charge < -0.3 is 19.4 Å². The normalized spacial score (nSPS) is 19.6. The Bertz CT molecular complexity index is 769. The SMILES string of the molecule is CC(C)(C)[Si](C)(C)O[C@H](CCC1=CC[C@H](O)[C@@H]1CCCCCCC(=O)O)COc1ccccc1. The van der Waals surface area contributed by atoms with Crippen LogP contribution in [0.4, 0.5) is 0 Å². The molecule has 0 unspecified atom stereocenters. The first-order chi connectivity index (χ1) is 16.0. The van der Waals surface area contributed by atoms with E-state index in [-0.39, 0.29) is 29.6 Å². The van der Waals surface area contributed by atoms with E-state index in [4.69, 9.17) is 14.3 Å². The Kier molecular flexibility index (Phi) is 11.3. The van der Waals surface area contributed by atoms with E-state index in [0.717, 1.165) is 57.1 Å². The molecule has 0 heterocycles. The zero-order valence-corrected chi connectivity index (χ0v) is 22.9. The van der Waals surface area contributed by atoms with Crippen molar-refractivity contribution in [3.63, 3.8) is 0 Å². The molecule has 1 aliphatic carbocycles. The molecule has 0 spiro atoms. The minimum atomic E-state index is -1.95. The number of aliphatic hydroxyl groups excluding tert-OH is 1. The van der Waals surface area contributed by atoms with Crippen LogP contribution >= 0.6 is 0 Å². The van der Waals surface area contributed by atoms with E-state index >= 15 is 0 Å². The minimum Gasteiger partial charge on any atom is -0.491 e. The number of unbranched alkanes of at least 4 members (excludes halogenated alkanes) is 3. The highest BCUT2D eigenvalue weighted by Gasteiger charge is 2.39. The fourth-order valence-corrected chi connectivity index (χ4v) is 5.67. The quantitative estimate of drug-likeness (QED) is 0.158. The summed E-state index contributed by atoms with van der Waals surface area (Å²) in [6.45, 7) is 11.9. The lowest BCUT2D eigenvalue weighted by molar-refractivity contribution is -0.137. The molecule has 0 saturated carbocycles. The van der Waals surface area contributed by atoms with Crippen molar-refractivity contribution in [1.29, 1.82) is 0 Å². The number of carboxylic acid groups (broad SMARTS) is 1. The smallest absolute Gasteiger partial charge is 0.303 e. The van der Waals surface area contributed by atoms with Gasteiger partial charge in [0.1, 0.15) is 12.4 Å². The second-order valence-corrected chi connectivity index (χ2v) is 16.0. The van der Waals surface area contributed by atoms with Crippen LogP contribution in [0.1, 0.15) is 78.6 Å². The van der Waals surface area contributed by atoms with E-state index in [1.54, 1.807) is 0 Å². The Balaban J connectivity index is 1.92. The number of carbonyl (C=O) groups is 1. The van der Waals surface area contributed by atoms with E-state index in [1.807, 2.05) is 30.3 Å². The molecule has 1 aliphatic rings. The predicted molar refractivity (Wildman–Crippen MR) is 141 cm³/mol. The summed E-state index contributed by atoms with van der Waals surface area (Å²) < 4.78 is 12.9. The Hall–Kier alpha value is -1.63. The van der Waals surface area contributed by atoms with Crippen molar-refractivity contribution in [2.24, 2.45) is 5.92 Å². The van der Waals surface area contributed by atoms with Gasteiger partial charge in [-0.15, -0.1) is 0 Å². The molecular weight excluding hydrogens is 444 g/mol. The Labute approximate surface area is 207 Å². The highest BCUT2D eigenvalue weighted by atomic mass is 28.4. The lowest BCUT2D eigenvalue weighted by Gasteiger charge is -2.39. The molecule has 1 aromatic rings. The van der Waals surface area contributed by atoms with Crippen molar-refractivity contribution in [3.8, 4) is 5.75 Å². The zero-order valence-electron chi connectivity index (χ0n) is 21.9. The summed E-state index contributed by atoms with van der Waals surface area (Å²) in [4.78, 5) is 10.7. The summed E-state index contributed by atoms with van der Waals surface area (Å²) in [6.07, 6.45) is 9.40. The van der Waals surface area contributed by atoms with Crippen LogP contribution in [-0.4, -0.2) is 43.3 Å². The Morgan fingerprint density at radius 2 is 1.79 bits per heavy atom. The highest BCUT2D eigenvalue weighted by molar-refractivity contribution is 6.74. The fraction of sp³-hybridized carbons (Fsp3) is 0.679. The number of aliphatic carboxylic acids is 1. The third kappa shape index (κ3) is 9.55. The van der Waals surface area contributed by atoms with Crippen molar-refractivity contribution in [3.05, 3.63) is 42.0 Å². The molecule has 5 nitrogen and oxygen atoms in total. The van der Waals surface area contributed by atoms with Crippen molar-refractivity contribution in [2.75, 3.05) is 6.61 Å². The van der Waals surface area contributed by atoms with E-state index in [2.05, 4.69) is 39.9 Å². The van der Waals surface area contributed by atoms with Crippen LogP contribution in [-0.2, 0) is 9.22 Å². The first-order valence-electron chi connectivity index (χ1n) is 12.9. The van der Waals surface area contributed by atoms with E-state index in [9.17, 15) is 9.90 Å². The van der Waals surface area contributed by atoms with Crippen molar-refractivity contribution in [2.45, 2.75) is 109 Å². The van der Waals surface area contributed by atoms with Crippen LogP contribution in [0.3, 0.4) is 0 Å². The average molecular weight is 491 g/mol. The Morgan fingerprint density at radius 1 is 1.12 bits per heavy atom. The van der Waals surface area contributed by atoms with E-state index < -0.39 is 14.3 Å². The number of carboxylic acids is 1. The third-order valence-electron chi connectivity index (χ3n) is 7.42. The molecule has 2 N–H and O–H groups in total. The van der Waals surface area contributed by atoms with Gasteiger partial charge in [-0.3, -0.25) is 4.79 Å². The molecular formula is C28H46O5Si. The van der Waals surface area contributed by atoms with E-state index in [1.165, 1.54) is 5.57 Å². The van der Waals surface area contributed by atoms with Crippen molar-refractivity contribution < 1.29 is 24.2 Å². The maximum atomic E-state index is 10.7. The van der Waals surface area contributed by atoms with Gasteiger partial charge in [0.2, 0.25) is 0 Å². The number of benzene rings is 1. The van der Waals surface area contributed by atoms with Crippen LogP contribution in [0.15, 0.2) is 42.0 Å². The number of para-hydroxylation sites is 1. The largest absolute Gasteiger partial charge is 0.491 e. The van der Waals surface area contributed by atoms with Gasteiger partial charge in [-0.2, -0.15) is 0 Å². The lowest BCUT2D eigenvalue weighted by Crippen LogP contribution is -2.45. The number of hydrogen-bond acceptors (Lipinski definition) is 4. The van der Waals surface area contributed by atoms with Gasteiger partial charge in [-0.1, -0.05) is 69.9 Å². The number of rotatable bonds is 15. The van der Waals surface area contributed by atoms with Gasteiger partial charge in [0.25, 0.3) is 0 Å². The molecule has 0 bridgehead atoms. The molecule has 0 radical (unpaired) electrons. The summed E-state index contributed by atoms with van der Waals surface area (Å²) >= 11 is 0. The van der Waals surface area contributed by atoms with Gasteiger partial charge in [-0.05, 0) is 62.4 Å². The van der Waals surface area contributed by atoms with Crippen molar-refractivity contribution in [1.82, 2.24) is 0 Å². The molecule has 0 aliphatic heterocycles. The van der Waals surface area contributed by atoms with Crippen LogP contribution in [0, 0.1) is 5.92 Å². The van der Waals surface area contributed by atoms with Crippen LogP contribution in [0.5, 0.6) is 5.75 Å². The lowest BCUT2D eigenvalue weighted by atomic mass is 9.89. The van der Waals surface area contributed by atoms with Crippen LogP contribution in [0.2, 0.25) is 18.1 Å². The summed E-state index contributed by atoms with van der Waals surface area (Å²) in [5.41, 5.74) is 1.35. The van der Waals surface area contributed by atoms with Crippen LogP contribution < -0.4 is 4.74 Å². The highest BCUT2D eigenvalue weighted by Crippen LogP contribution is 2.39. The van der Waals surface area contributed by atoms with Gasteiger partial charge in [0.15, 0.2) is 8.32 Å². The van der Waals surface area contributed by atoms with Gasteiger partial charge >= 0.3 is 5.97 Å². The second-order valence-electron chi connectivity index (χ2n) is 11.2. The van der Waals surface area contributed by atoms with Gasteiger partial charge in [0, 0.05) is 12.3 Å². The fourth-order valence-electron chi connectivity index (χ4n) is 4.30. The molecule has 0 aromatic heterocycles. The molecule has 2 rings (SSSR count). The van der Waals surface area contributed by atoms with Crippen LogP contribution in [0.25, 0.3) is 0 Å².